The van der Waals surface area contributed by atoms with Gasteiger partial charge in [0.25, 0.3) is 0 Å². The molecule has 0 saturated carbocycles. The Bertz CT molecular complexity index is 594. The molecule has 120 valence electrons. The second kappa shape index (κ2) is 6.26. The maximum absolute atomic E-state index is 12.1. The van der Waals surface area contributed by atoms with Gasteiger partial charge in [-0.3, -0.25) is 4.79 Å². The van der Waals surface area contributed by atoms with Gasteiger partial charge in [-0.15, -0.1) is 0 Å². The van der Waals surface area contributed by atoms with Crippen LogP contribution in [0.2, 0.25) is 10.0 Å². The number of nitrogens with zero attached hydrogens (tertiary/aromatic N) is 1. The minimum Gasteiger partial charge on any atom is -0.496 e. The maximum Gasteiger partial charge on any atom is 0.236 e. The molecule has 0 bridgehead atoms. The minimum absolute atomic E-state index is 0.186. The Morgan fingerprint density at radius 2 is 2.14 bits per heavy atom. The average molecular weight is 343 g/mol. The van der Waals surface area contributed by atoms with E-state index in [1.165, 1.54) is 0 Å². The quantitative estimate of drug-likeness (QED) is 0.897. The number of fused-ring (bicyclic) bond motifs is 1. The molecule has 2 fully saturated rings. The van der Waals surface area contributed by atoms with E-state index in [9.17, 15) is 4.79 Å². The molecule has 0 spiro atoms. The first kappa shape index (κ1) is 15.9. The van der Waals surface area contributed by atoms with Gasteiger partial charge in [-0.25, -0.2) is 0 Å². The van der Waals surface area contributed by atoms with Gasteiger partial charge in [0, 0.05) is 24.2 Å². The Kier molecular flexibility index (Phi) is 4.53. The van der Waals surface area contributed by atoms with Crippen LogP contribution in [0.4, 0.5) is 0 Å². The Hall–Kier alpha value is -0.970. The normalized spacial score (nSPS) is 28.5. The van der Waals surface area contributed by atoms with E-state index in [-0.39, 0.29) is 23.9 Å². The topological polar surface area (TPSA) is 41.6 Å². The van der Waals surface area contributed by atoms with E-state index in [0.29, 0.717) is 16.6 Å². The summed E-state index contributed by atoms with van der Waals surface area (Å²) >= 11 is 12.6. The zero-order valence-electron chi connectivity index (χ0n) is 12.7. The molecule has 1 aromatic carbocycles. The fraction of sp³-hybridized carbons (Fsp3) is 0.562. The first-order valence-corrected chi connectivity index (χ1v) is 8.33. The van der Waals surface area contributed by atoms with Gasteiger partial charge < -0.3 is 15.0 Å². The lowest BCUT2D eigenvalue weighted by molar-refractivity contribution is -0.138. The molecule has 0 aliphatic carbocycles. The molecule has 1 amide bonds. The van der Waals surface area contributed by atoms with Crippen molar-refractivity contribution in [3.63, 3.8) is 0 Å². The van der Waals surface area contributed by atoms with E-state index in [1.807, 2.05) is 11.0 Å². The monoisotopic (exact) mass is 342 g/mol. The molecule has 1 aromatic rings. The lowest BCUT2D eigenvalue weighted by Crippen LogP contribution is -2.61. The number of ether oxygens (including phenoxy) is 1. The second-order valence-corrected chi connectivity index (χ2v) is 6.81. The molecule has 2 aliphatic rings. The van der Waals surface area contributed by atoms with Gasteiger partial charge in [-0.1, -0.05) is 23.2 Å². The summed E-state index contributed by atoms with van der Waals surface area (Å²) in [5.74, 6) is 1.21. The minimum atomic E-state index is 0.186. The summed E-state index contributed by atoms with van der Waals surface area (Å²) in [5.41, 5.74) is 0.974. The van der Waals surface area contributed by atoms with Crippen molar-refractivity contribution in [3.8, 4) is 5.75 Å². The molecule has 0 aromatic heterocycles. The number of carbonyl (C=O) groups is 1. The standard InChI is InChI=1S/C16H20Cl2N2O2/c1-9-12-7-10(5-6-20(12)14(21)8-19-9)15-13(22-2)4-3-11(17)16(15)18/h3-4,9-10,12,19H,5-8H2,1-2H3/t9?,10-,12+/m1/s1. The van der Waals surface area contributed by atoms with E-state index in [0.717, 1.165) is 30.7 Å². The lowest BCUT2D eigenvalue weighted by atomic mass is 9.81. The number of hydrogen-bond acceptors (Lipinski definition) is 3. The van der Waals surface area contributed by atoms with Crippen molar-refractivity contribution in [1.82, 2.24) is 10.2 Å². The zero-order valence-corrected chi connectivity index (χ0v) is 14.2. The number of piperidine rings is 1. The van der Waals surface area contributed by atoms with Crippen molar-refractivity contribution >= 4 is 29.1 Å². The average Bonchev–Trinajstić information content (AvgIpc) is 2.53. The van der Waals surface area contributed by atoms with Crippen LogP contribution in [-0.2, 0) is 4.79 Å². The molecular formula is C16H20Cl2N2O2. The highest BCUT2D eigenvalue weighted by Crippen LogP contribution is 2.44. The highest BCUT2D eigenvalue weighted by Gasteiger charge is 2.39. The van der Waals surface area contributed by atoms with Crippen LogP contribution in [0, 0.1) is 0 Å². The van der Waals surface area contributed by atoms with Crippen molar-refractivity contribution in [3.05, 3.63) is 27.7 Å². The number of amides is 1. The first-order valence-electron chi connectivity index (χ1n) is 7.57. The smallest absolute Gasteiger partial charge is 0.236 e. The number of rotatable bonds is 2. The van der Waals surface area contributed by atoms with Crippen LogP contribution in [0.15, 0.2) is 12.1 Å². The number of carbonyl (C=O) groups excluding carboxylic acids is 1. The van der Waals surface area contributed by atoms with Crippen LogP contribution in [0.3, 0.4) is 0 Å². The fourth-order valence-corrected chi connectivity index (χ4v) is 4.11. The van der Waals surface area contributed by atoms with Crippen molar-refractivity contribution in [2.45, 2.75) is 37.8 Å². The van der Waals surface area contributed by atoms with E-state index >= 15 is 0 Å². The molecular weight excluding hydrogens is 323 g/mol. The molecule has 3 rings (SSSR count). The highest BCUT2D eigenvalue weighted by molar-refractivity contribution is 6.42. The Morgan fingerprint density at radius 3 is 2.86 bits per heavy atom. The third kappa shape index (κ3) is 2.68. The molecule has 2 aliphatic heterocycles. The van der Waals surface area contributed by atoms with E-state index < -0.39 is 0 Å². The number of halogens is 2. The van der Waals surface area contributed by atoms with Crippen LogP contribution in [0.1, 0.15) is 31.2 Å². The van der Waals surface area contributed by atoms with Crippen molar-refractivity contribution in [2.75, 3.05) is 20.2 Å². The third-order valence-electron chi connectivity index (χ3n) is 4.84. The van der Waals surface area contributed by atoms with E-state index in [4.69, 9.17) is 27.9 Å². The first-order chi connectivity index (χ1) is 10.5. The summed E-state index contributed by atoms with van der Waals surface area (Å²) in [7, 11) is 1.65. The largest absolute Gasteiger partial charge is 0.496 e. The van der Waals surface area contributed by atoms with Crippen LogP contribution in [0.25, 0.3) is 0 Å². The predicted molar refractivity (Wildman–Crippen MR) is 88.0 cm³/mol. The van der Waals surface area contributed by atoms with Gasteiger partial charge in [0.1, 0.15) is 5.75 Å². The predicted octanol–water partition coefficient (Wildman–Crippen LogP) is 3.07. The van der Waals surface area contributed by atoms with E-state index in [2.05, 4.69) is 12.2 Å². The Morgan fingerprint density at radius 1 is 1.36 bits per heavy atom. The van der Waals surface area contributed by atoms with Crippen LogP contribution in [0.5, 0.6) is 5.75 Å². The van der Waals surface area contributed by atoms with Crippen LogP contribution < -0.4 is 10.1 Å². The molecule has 1 unspecified atom stereocenters. The van der Waals surface area contributed by atoms with Gasteiger partial charge in [0.2, 0.25) is 5.91 Å². The molecule has 2 saturated heterocycles. The van der Waals surface area contributed by atoms with Gasteiger partial charge in [-0.2, -0.15) is 0 Å². The summed E-state index contributed by atoms with van der Waals surface area (Å²) in [6.45, 7) is 3.32. The number of methoxy groups -OCH3 is 1. The van der Waals surface area contributed by atoms with Crippen molar-refractivity contribution in [2.24, 2.45) is 0 Å². The maximum atomic E-state index is 12.1. The number of piperazine rings is 1. The molecule has 22 heavy (non-hydrogen) atoms. The number of nitrogens with one attached hydrogen (secondary N) is 1. The second-order valence-electron chi connectivity index (χ2n) is 6.02. The van der Waals surface area contributed by atoms with Gasteiger partial charge in [0.05, 0.1) is 23.7 Å². The molecule has 0 radical (unpaired) electrons. The number of hydrogen-bond donors (Lipinski definition) is 1. The molecule has 6 heteroatoms. The molecule has 2 heterocycles. The van der Waals surface area contributed by atoms with Gasteiger partial charge in [0.15, 0.2) is 0 Å². The third-order valence-corrected chi connectivity index (χ3v) is 5.66. The SMILES string of the molecule is COc1ccc(Cl)c(Cl)c1[C@@H]1CCN2C(=O)CNC(C)[C@@H]2C1. The van der Waals surface area contributed by atoms with Gasteiger partial charge >= 0.3 is 0 Å². The number of benzene rings is 1. The van der Waals surface area contributed by atoms with Crippen molar-refractivity contribution in [1.29, 1.82) is 0 Å². The van der Waals surface area contributed by atoms with Crippen LogP contribution in [-0.4, -0.2) is 43.1 Å². The summed E-state index contributed by atoms with van der Waals surface area (Å²) < 4.78 is 5.48. The summed E-state index contributed by atoms with van der Waals surface area (Å²) in [6.07, 6.45) is 1.75. The van der Waals surface area contributed by atoms with Crippen molar-refractivity contribution < 1.29 is 9.53 Å². The zero-order chi connectivity index (χ0) is 15.9. The lowest BCUT2D eigenvalue weighted by Gasteiger charge is -2.46. The van der Waals surface area contributed by atoms with Crippen LogP contribution >= 0.6 is 23.2 Å². The molecule has 4 nitrogen and oxygen atoms in total. The van der Waals surface area contributed by atoms with E-state index in [1.54, 1.807) is 13.2 Å². The highest BCUT2D eigenvalue weighted by atomic mass is 35.5. The molecule has 3 atom stereocenters. The Labute approximate surface area is 140 Å². The Balaban J connectivity index is 1.91. The fourth-order valence-electron chi connectivity index (χ4n) is 3.64. The summed E-state index contributed by atoms with van der Waals surface area (Å²) in [6, 6.07) is 4.10. The summed E-state index contributed by atoms with van der Waals surface area (Å²) in [5, 5.41) is 4.39. The summed E-state index contributed by atoms with van der Waals surface area (Å²) in [4.78, 5) is 14.1. The van der Waals surface area contributed by atoms with Gasteiger partial charge in [-0.05, 0) is 37.8 Å². The molecule has 1 N–H and O–H groups in total.